The lowest BCUT2D eigenvalue weighted by Gasteiger charge is -2.25. The van der Waals surface area contributed by atoms with E-state index in [0.717, 1.165) is 11.3 Å². The average molecular weight is 553 g/mol. The van der Waals surface area contributed by atoms with Crippen LogP contribution in [-0.4, -0.2) is 55.7 Å². The Balaban J connectivity index is 1.98. The van der Waals surface area contributed by atoms with Gasteiger partial charge >= 0.3 is 11.9 Å². The molecule has 204 valence electrons. The molecule has 2 aromatic carbocycles. The van der Waals surface area contributed by atoms with Gasteiger partial charge in [-0.2, -0.15) is 0 Å². The second-order valence-electron chi connectivity index (χ2n) is 8.59. The minimum Gasteiger partial charge on any atom is -0.507 e. The summed E-state index contributed by atoms with van der Waals surface area (Å²) >= 11 is 0.929. The van der Waals surface area contributed by atoms with Crippen LogP contribution in [0.5, 0.6) is 17.2 Å². The number of methoxy groups -OCH3 is 3. The van der Waals surface area contributed by atoms with Crippen molar-refractivity contribution in [2.75, 3.05) is 32.8 Å². The van der Waals surface area contributed by atoms with E-state index in [-0.39, 0.29) is 27.9 Å². The molecule has 1 N–H and O–H groups in total. The van der Waals surface area contributed by atoms with Crippen LogP contribution in [0.2, 0.25) is 0 Å². The van der Waals surface area contributed by atoms with Crippen molar-refractivity contribution >= 4 is 39.9 Å². The number of ketones is 1. The Morgan fingerprint density at radius 2 is 1.69 bits per heavy atom. The average Bonchev–Trinajstić information content (AvgIpc) is 3.44. The number of ether oxygens (including phenoxy) is 4. The summed E-state index contributed by atoms with van der Waals surface area (Å²) in [5.41, 5.74) is 1.60. The van der Waals surface area contributed by atoms with Crippen LogP contribution >= 0.6 is 11.3 Å². The van der Waals surface area contributed by atoms with Gasteiger partial charge in [-0.1, -0.05) is 11.3 Å². The van der Waals surface area contributed by atoms with E-state index in [4.69, 9.17) is 18.9 Å². The molecule has 1 aromatic heterocycles. The molecular weight excluding hydrogens is 524 g/mol. The minimum atomic E-state index is -1.12. The monoisotopic (exact) mass is 552 g/mol. The molecule has 1 aliphatic rings. The number of carbonyl (C=O) groups excluding carboxylic acids is 3. The highest BCUT2D eigenvalue weighted by molar-refractivity contribution is 7.17. The number of anilines is 1. The third kappa shape index (κ3) is 4.92. The van der Waals surface area contributed by atoms with Crippen LogP contribution in [0.3, 0.4) is 0 Å². The summed E-state index contributed by atoms with van der Waals surface area (Å²) < 4.78 is 21.3. The van der Waals surface area contributed by atoms with Gasteiger partial charge in [0.1, 0.15) is 33.9 Å². The van der Waals surface area contributed by atoms with Crippen molar-refractivity contribution in [3.8, 4) is 17.2 Å². The van der Waals surface area contributed by atoms with Crippen molar-refractivity contribution in [3.05, 3.63) is 69.2 Å². The number of thiazole rings is 1. The highest BCUT2D eigenvalue weighted by atomic mass is 32.1. The number of aliphatic hydroxyl groups excluding tert-OH is 1. The van der Waals surface area contributed by atoms with Gasteiger partial charge in [-0.3, -0.25) is 14.5 Å². The molecule has 1 unspecified atom stereocenters. The van der Waals surface area contributed by atoms with E-state index >= 15 is 0 Å². The molecule has 1 amide bonds. The fourth-order valence-corrected chi connectivity index (χ4v) is 5.40. The first kappa shape index (κ1) is 27.6. The molecule has 1 fully saturated rings. The van der Waals surface area contributed by atoms with Gasteiger partial charge in [0.25, 0.3) is 5.78 Å². The van der Waals surface area contributed by atoms with E-state index in [2.05, 4.69) is 4.98 Å². The SMILES string of the molecule is CCOC(=O)c1sc(N2C(=O)C(=O)/C(=C(/O)c3ccc(OC)cc3C)C2c2ccc(OC)cc2OC)nc1C. The number of benzene rings is 2. The zero-order valence-electron chi connectivity index (χ0n) is 22.4. The second-order valence-corrected chi connectivity index (χ2v) is 9.57. The molecule has 2 heterocycles. The number of aryl methyl sites for hydroxylation is 2. The van der Waals surface area contributed by atoms with Crippen LogP contribution in [0.15, 0.2) is 42.0 Å². The summed E-state index contributed by atoms with van der Waals surface area (Å²) in [6.07, 6.45) is 0. The van der Waals surface area contributed by atoms with Crippen LogP contribution in [0.25, 0.3) is 5.76 Å². The van der Waals surface area contributed by atoms with E-state index in [9.17, 15) is 19.5 Å². The Hall–Kier alpha value is -4.38. The number of esters is 1. The summed E-state index contributed by atoms with van der Waals surface area (Å²) in [7, 11) is 4.48. The number of aromatic nitrogens is 1. The largest absolute Gasteiger partial charge is 0.507 e. The number of hydrogen-bond acceptors (Lipinski definition) is 10. The molecular formula is C28H28N2O8S. The van der Waals surface area contributed by atoms with Crippen molar-refractivity contribution in [1.82, 2.24) is 4.98 Å². The normalized spacial score (nSPS) is 16.4. The van der Waals surface area contributed by atoms with Gasteiger partial charge in [0.15, 0.2) is 5.13 Å². The Morgan fingerprint density at radius 3 is 2.31 bits per heavy atom. The second kappa shape index (κ2) is 11.2. The highest BCUT2D eigenvalue weighted by Crippen LogP contribution is 2.47. The van der Waals surface area contributed by atoms with Crippen molar-refractivity contribution in [3.63, 3.8) is 0 Å². The van der Waals surface area contributed by atoms with E-state index in [1.165, 1.54) is 26.2 Å². The van der Waals surface area contributed by atoms with Crippen molar-refractivity contribution in [2.45, 2.75) is 26.8 Å². The molecule has 0 spiro atoms. The smallest absolute Gasteiger partial charge is 0.350 e. The Morgan fingerprint density at radius 1 is 1.03 bits per heavy atom. The molecule has 4 rings (SSSR count). The van der Waals surface area contributed by atoms with Gasteiger partial charge in [-0.15, -0.1) is 0 Å². The molecule has 1 saturated heterocycles. The molecule has 0 aliphatic carbocycles. The van der Waals surface area contributed by atoms with Crippen molar-refractivity contribution in [2.24, 2.45) is 0 Å². The predicted molar refractivity (Wildman–Crippen MR) is 145 cm³/mol. The molecule has 39 heavy (non-hydrogen) atoms. The molecule has 1 atom stereocenters. The number of carbonyl (C=O) groups is 3. The van der Waals surface area contributed by atoms with Crippen LogP contribution in [0, 0.1) is 13.8 Å². The summed E-state index contributed by atoms with van der Waals surface area (Å²) in [6, 6.07) is 8.79. The summed E-state index contributed by atoms with van der Waals surface area (Å²) in [6.45, 7) is 5.23. The molecule has 11 heteroatoms. The Kier molecular flexibility index (Phi) is 7.91. The van der Waals surface area contributed by atoms with Gasteiger partial charge in [-0.25, -0.2) is 9.78 Å². The van der Waals surface area contributed by atoms with Crippen LogP contribution < -0.4 is 19.1 Å². The number of Topliss-reactive ketones (excluding diaryl/α,β-unsaturated/α-hetero) is 1. The molecule has 3 aromatic rings. The number of hydrogen-bond donors (Lipinski definition) is 1. The van der Waals surface area contributed by atoms with Crippen molar-refractivity contribution in [1.29, 1.82) is 0 Å². The zero-order chi connectivity index (χ0) is 28.4. The van der Waals surface area contributed by atoms with Crippen LogP contribution in [0.4, 0.5) is 5.13 Å². The maximum atomic E-state index is 13.6. The molecule has 10 nitrogen and oxygen atoms in total. The first-order valence-corrected chi connectivity index (χ1v) is 12.8. The summed E-state index contributed by atoms with van der Waals surface area (Å²) in [5.74, 6) is -1.37. The fraction of sp³-hybridized carbons (Fsp3) is 0.286. The number of rotatable bonds is 8. The molecule has 1 aliphatic heterocycles. The van der Waals surface area contributed by atoms with E-state index in [1.54, 1.807) is 57.2 Å². The molecule has 0 bridgehead atoms. The maximum Gasteiger partial charge on any atom is 0.350 e. The van der Waals surface area contributed by atoms with Gasteiger partial charge in [0, 0.05) is 17.2 Å². The molecule has 0 saturated carbocycles. The summed E-state index contributed by atoms with van der Waals surface area (Å²) in [5, 5.41) is 11.6. The van der Waals surface area contributed by atoms with Gasteiger partial charge < -0.3 is 24.1 Å². The topological polar surface area (TPSA) is 124 Å². The third-order valence-electron chi connectivity index (χ3n) is 6.32. The van der Waals surface area contributed by atoms with Gasteiger partial charge in [0.2, 0.25) is 0 Å². The van der Waals surface area contributed by atoms with E-state index in [0.29, 0.717) is 39.6 Å². The quantitative estimate of drug-likeness (QED) is 0.185. The Labute approximate surface area is 229 Å². The summed E-state index contributed by atoms with van der Waals surface area (Å²) in [4.78, 5) is 45.4. The first-order chi connectivity index (χ1) is 18.7. The fourth-order valence-electron chi connectivity index (χ4n) is 4.41. The van der Waals surface area contributed by atoms with Crippen LogP contribution in [-0.2, 0) is 14.3 Å². The predicted octanol–water partition coefficient (Wildman–Crippen LogP) is 4.59. The minimum absolute atomic E-state index is 0.103. The number of amides is 1. The Bertz CT molecular complexity index is 1490. The number of aliphatic hydroxyl groups is 1. The van der Waals surface area contributed by atoms with Crippen LogP contribution in [0.1, 0.15) is 45.0 Å². The lowest BCUT2D eigenvalue weighted by Crippen LogP contribution is -2.29. The standard InChI is InChI=1S/C28H28N2O8S/c1-7-38-27(34)25-15(3)29-28(39-25)30-22(19-11-9-17(36-5)13-20(19)37-6)21(24(32)26(30)33)23(31)18-10-8-16(35-4)12-14(18)2/h8-13,22,31H,7H2,1-6H3/b23-21+. The lowest BCUT2D eigenvalue weighted by molar-refractivity contribution is -0.132. The first-order valence-electron chi connectivity index (χ1n) is 12.0. The lowest BCUT2D eigenvalue weighted by atomic mass is 9.93. The maximum absolute atomic E-state index is 13.6. The third-order valence-corrected chi connectivity index (χ3v) is 7.46. The van der Waals surface area contributed by atoms with Gasteiger partial charge in [0.05, 0.1) is 39.2 Å². The zero-order valence-corrected chi connectivity index (χ0v) is 23.2. The van der Waals surface area contributed by atoms with Crippen molar-refractivity contribution < 1.29 is 38.4 Å². The van der Waals surface area contributed by atoms with E-state index in [1.807, 2.05) is 0 Å². The molecule has 0 radical (unpaired) electrons. The van der Waals surface area contributed by atoms with E-state index < -0.39 is 23.7 Å². The van der Waals surface area contributed by atoms with Gasteiger partial charge in [-0.05, 0) is 56.7 Å². The number of nitrogens with zero attached hydrogens (tertiary/aromatic N) is 2. The highest BCUT2D eigenvalue weighted by Gasteiger charge is 2.49.